The van der Waals surface area contributed by atoms with Crippen LogP contribution in [0.15, 0.2) is 17.6 Å². The van der Waals surface area contributed by atoms with E-state index in [-0.39, 0.29) is 5.78 Å². The molecule has 0 fully saturated rings. The van der Waals surface area contributed by atoms with E-state index in [9.17, 15) is 4.79 Å². The fourth-order valence-corrected chi connectivity index (χ4v) is 2.02. The van der Waals surface area contributed by atoms with Crippen molar-refractivity contribution in [2.24, 2.45) is 7.05 Å². The van der Waals surface area contributed by atoms with Gasteiger partial charge in [-0.3, -0.25) is 9.48 Å². The van der Waals surface area contributed by atoms with Crippen LogP contribution in [0.1, 0.15) is 20.8 Å². The molecule has 0 amide bonds. The topological polar surface area (TPSA) is 60.9 Å². The number of rotatable bonds is 2. The molecule has 0 saturated carbocycles. The van der Waals surface area contributed by atoms with Crippen molar-refractivity contribution in [1.82, 2.24) is 9.78 Å². The van der Waals surface area contributed by atoms with E-state index in [0.717, 1.165) is 4.88 Å². The van der Waals surface area contributed by atoms with Crippen LogP contribution in [0.5, 0.6) is 0 Å². The molecule has 0 spiro atoms. The smallest absolute Gasteiger partial charge is 0.199 e. The molecule has 0 radical (unpaired) electrons. The van der Waals surface area contributed by atoms with Crippen LogP contribution in [-0.2, 0) is 7.05 Å². The Bertz CT molecular complexity index is 512. The third-order valence-electron chi connectivity index (χ3n) is 2.22. The van der Waals surface area contributed by atoms with E-state index in [0.29, 0.717) is 16.9 Å². The van der Waals surface area contributed by atoms with Crippen molar-refractivity contribution in [3.63, 3.8) is 0 Å². The minimum atomic E-state index is -0.0649. The van der Waals surface area contributed by atoms with Crippen LogP contribution in [0.3, 0.4) is 0 Å². The average molecular weight is 221 g/mol. The molecule has 78 valence electrons. The van der Waals surface area contributed by atoms with Crippen molar-refractivity contribution in [2.45, 2.75) is 6.92 Å². The highest BCUT2D eigenvalue weighted by Gasteiger charge is 2.16. The third kappa shape index (κ3) is 1.66. The van der Waals surface area contributed by atoms with Gasteiger partial charge in [0.15, 0.2) is 5.78 Å². The summed E-state index contributed by atoms with van der Waals surface area (Å²) in [6.45, 7) is 1.97. The molecule has 0 saturated heterocycles. The normalized spacial score (nSPS) is 10.5. The Balaban J connectivity index is 2.41. The van der Waals surface area contributed by atoms with Crippen molar-refractivity contribution in [3.05, 3.63) is 33.6 Å². The molecular weight excluding hydrogens is 210 g/mol. The van der Waals surface area contributed by atoms with E-state index in [2.05, 4.69) is 5.10 Å². The van der Waals surface area contributed by atoms with Gasteiger partial charge in [-0.2, -0.15) is 5.10 Å². The molecule has 0 aliphatic heterocycles. The first-order chi connectivity index (χ1) is 7.09. The summed E-state index contributed by atoms with van der Waals surface area (Å²) in [5.74, 6) is 0.341. The van der Waals surface area contributed by atoms with Gasteiger partial charge in [-0.25, -0.2) is 0 Å². The third-order valence-corrected chi connectivity index (χ3v) is 3.08. The standard InChI is InChI=1S/C10H11N3OS/c1-6-3-7(5-15-6)9(14)8-4-12-13(2)10(8)11/h3-5H,11H2,1-2H3. The molecule has 0 atom stereocenters. The number of nitrogen functional groups attached to an aromatic ring is 1. The van der Waals surface area contributed by atoms with Gasteiger partial charge in [-0.15, -0.1) is 11.3 Å². The Morgan fingerprint density at radius 2 is 2.33 bits per heavy atom. The first-order valence-electron chi connectivity index (χ1n) is 4.47. The van der Waals surface area contributed by atoms with Crippen molar-refractivity contribution >= 4 is 22.9 Å². The SMILES string of the molecule is Cc1cc(C(=O)c2cnn(C)c2N)cs1. The highest BCUT2D eigenvalue weighted by molar-refractivity contribution is 7.10. The van der Waals surface area contributed by atoms with Gasteiger partial charge in [0.2, 0.25) is 0 Å². The summed E-state index contributed by atoms with van der Waals surface area (Å²) in [5.41, 5.74) is 6.88. The Morgan fingerprint density at radius 1 is 1.60 bits per heavy atom. The van der Waals surface area contributed by atoms with E-state index in [1.165, 1.54) is 10.9 Å². The zero-order valence-electron chi connectivity index (χ0n) is 8.52. The van der Waals surface area contributed by atoms with Crippen LogP contribution in [0.2, 0.25) is 0 Å². The number of nitrogens with two attached hydrogens (primary N) is 1. The summed E-state index contributed by atoms with van der Waals surface area (Å²) < 4.78 is 1.49. The predicted molar refractivity (Wildman–Crippen MR) is 60.1 cm³/mol. The summed E-state index contributed by atoms with van der Waals surface area (Å²) in [5, 5.41) is 5.78. The Labute approximate surface area is 91.3 Å². The van der Waals surface area contributed by atoms with E-state index in [4.69, 9.17) is 5.73 Å². The molecule has 2 aromatic rings. The maximum atomic E-state index is 12.0. The van der Waals surface area contributed by atoms with Crippen molar-refractivity contribution in [1.29, 1.82) is 0 Å². The lowest BCUT2D eigenvalue weighted by Gasteiger charge is -1.97. The second-order valence-corrected chi connectivity index (χ2v) is 4.46. The van der Waals surface area contributed by atoms with Crippen LogP contribution in [0.4, 0.5) is 5.82 Å². The van der Waals surface area contributed by atoms with Gasteiger partial charge >= 0.3 is 0 Å². The Morgan fingerprint density at radius 3 is 2.80 bits per heavy atom. The lowest BCUT2D eigenvalue weighted by molar-refractivity contribution is 0.104. The van der Waals surface area contributed by atoms with Crippen LogP contribution in [0, 0.1) is 6.92 Å². The Kier molecular flexibility index (Phi) is 2.32. The molecule has 0 unspecified atom stereocenters. The number of thiophene rings is 1. The van der Waals surface area contributed by atoms with Gasteiger partial charge in [-0.05, 0) is 13.0 Å². The minimum Gasteiger partial charge on any atom is -0.383 e. The number of ketones is 1. The Hall–Kier alpha value is -1.62. The maximum Gasteiger partial charge on any atom is 0.199 e. The van der Waals surface area contributed by atoms with Crippen LogP contribution in [0.25, 0.3) is 0 Å². The second kappa shape index (κ2) is 3.51. The number of hydrogen-bond donors (Lipinski definition) is 1. The van der Waals surface area contributed by atoms with Crippen LogP contribution in [-0.4, -0.2) is 15.6 Å². The molecule has 5 heteroatoms. The molecule has 2 rings (SSSR count). The average Bonchev–Trinajstić information content (AvgIpc) is 2.75. The van der Waals surface area contributed by atoms with Gasteiger partial charge in [0.1, 0.15) is 5.82 Å². The summed E-state index contributed by atoms with van der Waals surface area (Å²) >= 11 is 1.55. The number of carbonyl (C=O) groups excluding carboxylic acids is 1. The monoisotopic (exact) mass is 221 g/mol. The molecule has 4 nitrogen and oxygen atoms in total. The zero-order valence-corrected chi connectivity index (χ0v) is 9.34. The second-order valence-electron chi connectivity index (χ2n) is 3.34. The van der Waals surface area contributed by atoms with Crippen LogP contribution >= 0.6 is 11.3 Å². The lowest BCUT2D eigenvalue weighted by atomic mass is 10.1. The molecular formula is C10H11N3OS. The number of aromatic nitrogens is 2. The maximum absolute atomic E-state index is 12.0. The number of nitrogens with zero attached hydrogens (tertiary/aromatic N) is 2. The molecule has 2 N–H and O–H groups in total. The zero-order chi connectivity index (χ0) is 11.0. The van der Waals surface area contributed by atoms with E-state index >= 15 is 0 Å². The van der Waals surface area contributed by atoms with Gasteiger partial charge in [0.25, 0.3) is 0 Å². The largest absolute Gasteiger partial charge is 0.383 e. The number of aryl methyl sites for hydroxylation is 2. The molecule has 15 heavy (non-hydrogen) atoms. The summed E-state index contributed by atoms with van der Waals surface area (Å²) in [6, 6.07) is 1.86. The van der Waals surface area contributed by atoms with Crippen molar-refractivity contribution in [3.8, 4) is 0 Å². The summed E-state index contributed by atoms with van der Waals surface area (Å²) in [6.07, 6.45) is 1.50. The number of anilines is 1. The van der Waals surface area contributed by atoms with Crippen molar-refractivity contribution < 1.29 is 4.79 Å². The van der Waals surface area contributed by atoms with Gasteiger partial charge < -0.3 is 5.73 Å². The quantitative estimate of drug-likeness (QED) is 0.783. The van der Waals surface area contributed by atoms with E-state index in [1.807, 2.05) is 18.4 Å². The molecule has 0 aromatic carbocycles. The fourth-order valence-electron chi connectivity index (χ4n) is 1.34. The molecule has 2 aromatic heterocycles. The van der Waals surface area contributed by atoms with Gasteiger partial charge in [-0.1, -0.05) is 0 Å². The number of carbonyl (C=O) groups is 1. The van der Waals surface area contributed by atoms with Gasteiger partial charge in [0.05, 0.1) is 11.8 Å². The summed E-state index contributed by atoms with van der Waals surface area (Å²) in [7, 11) is 1.71. The molecule has 0 aliphatic rings. The first-order valence-corrected chi connectivity index (χ1v) is 5.35. The molecule has 0 bridgehead atoms. The molecule has 0 aliphatic carbocycles. The van der Waals surface area contributed by atoms with E-state index in [1.54, 1.807) is 18.4 Å². The minimum absolute atomic E-state index is 0.0649. The lowest BCUT2D eigenvalue weighted by Crippen LogP contribution is -2.05. The van der Waals surface area contributed by atoms with Gasteiger partial charge in [0, 0.05) is 22.9 Å². The van der Waals surface area contributed by atoms with E-state index < -0.39 is 0 Å². The summed E-state index contributed by atoms with van der Waals surface area (Å²) in [4.78, 5) is 13.1. The predicted octanol–water partition coefficient (Wildman–Crippen LogP) is 1.60. The van der Waals surface area contributed by atoms with Crippen LogP contribution < -0.4 is 5.73 Å². The first kappa shape index (κ1) is 9.92. The highest BCUT2D eigenvalue weighted by atomic mass is 32.1. The fraction of sp³-hybridized carbons (Fsp3) is 0.200. The van der Waals surface area contributed by atoms with Crippen molar-refractivity contribution in [2.75, 3.05) is 5.73 Å². The molecule has 2 heterocycles. The number of hydrogen-bond acceptors (Lipinski definition) is 4. The highest BCUT2D eigenvalue weighted by Crippen LogP contribution is 2.19.